The number of carboxylic acids is 1. The van der Waals surface area contributed by atoms with Crippen LogP contribution >= 0.6 is 0 Å². The van der Waals surface area contributed by atoms with Gasteiger partial charge in [-0.2, -0.15) is 0 Å². The quantitative estimate of drug-likeness (QED) is 0.747. The maximum Gasteiger partial charge on any atom is 0.307 e. The van der Waals surface area contributed by atoms with Crippen molar-refractivity contribution < 1.29 is 19.5 Å². The lowest BCUT2D eigenvalue weighted by atomic mass is 10.1. The first-order valence-corrected chi connectivity index (χ1v) is 6.88. The van der Waals surface area contributed by atoms with Gasteiger partial charge in [0, 0.05) is 26.1 Å². The standard InChI is InChI=1S/C13H20N2O4/c16-11(15-6-2-1-3-7-15)4-5-14-12(17)9-8-10(9)13(18)19/h9-10H,1-8H2,(H,14,17)(H,18,19)/t9-,10+/m1/s1. The molecule has 2 atom stereocenters. The third-order valence-electron chi connectivity index (χ3n) is 3.79. The number of piperidine rings is 1. The predicted octanol–water partition coefficient (Wildman–Crippen LogP) is 0.226. The number of nitrogens with one attached hydrogen (secondary N) is 1. The summed E-state index contributed by atoms with van der Waals surface area (Å²) in [4.78, 5) is 35.9. The van der Waals surface area contributed by atoms with Crippen molar-refractivity contribution in [3.63, 3.8) is 0 Å². The Balaban J connectivity index is 1.62. The van der Waals surface area contributed by atoms with Crippen molar-refractivity contribution in [1.29, 1.82) is 0 Å². The highest BCUT2D eigenvalue weighted by atomic mass is 16.4. The van der Waals surface area contributed by atoms with Crippen molar-refractivity contribution in [3.05, 3.63) is 0 Å². The molecule has 1 aliphatic carbocycles. The normalized spacial score (nSPS) is 25.8. The zero-order chi connectivity index (χ0) is 13.8. The van der Waals surface area contributed by atoms with E-state index >= 15 is 0 Å². The van der Waals surface area contributed by atoms with Gasteiger partial charge in [-0.3, -0.25) is 14.4 Å². The second kappa shape index (κ2) is 6.04. The maximum atomic E-state index is 11.8. The summed E-state index contributed by atoms with van der Waals surface area (Å²) in [5, 5.41) is 11.4. The molecule has 1 saturated carbocycles. The van der Waals surface area contributed by atoms with E-state index in [4.69, 9.17) is 5.11 Å². The summed E-state index contributed by atoms with van der Waals surface area (Å²) < 4.78 is 0. The highest BCUT2D eigenvalue weighted by Crippen LogP contribution is 2.38. The third-order valence-corrected chi connectivity index (χ3v) is 3.79. The van der Waals surface area contributed by atoms with Gasteiger partial charge in [0.25, 0.3) is 0 Å². The van der Waals surface area contributed by atoms with Gasteiger partial charge in [0.2, 0.25) is 11.8 Å². The van der Waals surface area contributed by atoms with Gasteiger partial charge in [0.05, 0.1) is 11.8 Å². The van der Waals surface area contributed by atoms with Gasteiger partial charge in [0.15, 0.2) is 0 Å². The summed E-state index contributed by atoms with van der Waals surface area (Å²) in [6.07, 6.45) is 4.01. The minimum Gasteiger partial charge on any atom is -0.481 e. The maximum absolute atomic E-state index is 11.8. The SMILES string of the molecule is O=C(O)[C@H]1C[C@H]1C(=O)NCCC(=O)N1CCCCC1. The molecule has 1 heterocycles. The molecular formula is C13H20N2O4. The molecular weight excluding hydrogens is 248 g/mol. The number of amides is 2. The second-order valence-electron chi connectivity index (χ2n) is 5.27. The molecule has 106 valence electrons. The Morgan fingerprint density at radius 2 is 1.79 bits per heavy atom. The number of rotatable bonds is 5. The van der Waals surface area contributed by atoms with E-state index in [0.717, 1.165) is 25.9 Å². The van der Waals surface area contributed by atoms with Crippen LogP contribution in [0.3, 0.4) is 0 Å². The smallest absolute Gasteiger partial charge is 0.307 e. The zero-order valence-corrected chi connectivity index (χ0v) is 10.9. The fourth-order valence-corrected chi connectivity index (χ4v) is 2.48. The van der Waals surface area contributed by atoms with Crippen molar-refractivity contribution in [2.75, 3.05) is 19.6 Å². The molecule has 0 radical (unpaired) electrons. The van der Waals surface area contributed by atoms with E-state index < -0.39 is 17.8 Å². The van der Waals surface area contributed by atoms with Crippen LogP contribution in [-0.4, -0.2) is 47.4 Å². The average Bonchev–Trinajstić information content (AvgIpc) is 3.20. The molecule has 2 rings (SSSR count). The summed E-state index contributed by atoms with van der Waals surface area (Å²) in [6.45, 7) is 1.93. The van der Waals surface area contributed by atoms with Crippen LogP contribution in [0.2, 0.25) is 0 Å². The number of likely N-dealkylation sites (tertiary alicyclic amines) is 1. The fourth-order valence-electron chi connectivity index (χ4n) is 2.48. The Hall–Kier alpha value is -1.59. The molecule has 2 fully saturated rings. The molecule has 0 unspecified atom stereocenters. The molecule has 2 aliphatic rings. The van der Waals surface area contributed by atoms with Crippen LogP contribution in [0.25, 0.3) is 0 Å². The Morgan fingerprint density at radius 3 is 2.37 bits per heavy atom. The van der Waals surface area contributed by atoms with Crippen molar-refractivity contribution in [2.24, 2.45) is 11.8 Å². The highest BCUT2D eigenvalue weighted by Gasteiger charge is 2.48. The number of hydrogen-bond acceptors (Lipinski definition) is 3. The van der Waals surface area contributed by atoms with E-state index in [-0.39, 0.29) is 11.8 Å². The molecule has 0 aromatic heterocycles. The Bertz CT molecular complexity index is 377. The van der Waals surface area contributed by atoms with Crippen LogP contribution in [0.4, 0.5) is 0 Å². The van der Waals surface area contributed by atoms with Gasteiger partial charge >= 0.3 is 5.97 Å². The van der Waals surface area contributed by atoms with Crippen LogP contribution in [0.1, 0.15) is 32.1 Å². The Kier molecular flexibility index (Phi) is 4.39. The molecule has 6 heteroatoms. The Labute approximate surface area is 112 Å². The van der Waals surface area contributed by atoms with Crippen LogP contribution in [0.15, 0.2) is 0 Å². The lowest BCUT2D eigenvalue weighted by Gasteiger charge is -2.26. The first-order chi connectivity index (χ1) is 9.09. The van der Waals surface area contributed by atoms with Gasteiger partial charge in [0.1, 0.15) is 0 Å². The topological polar surface area (TPSA) is 86.7 Å². The molecule has 1 saturated heterocycles. The van der Waals surface area contributed by atoms with Crippen LogP contribution in [0, 0.1) is 11.8 Å². The van der Waals surface area contributed by atoms with E-state index in [1.165, 1.54) is 6.42 Å². The average molecular weight is 268 g/mol. The Morgan fingerprint density at radius 1 is 1.11 bits per heavy atom. The summed E-state index contributed by atoms with van der Waals surface area (Å²) in [7, 11) is 0. The van der Waals surface area contributed by atoms with E-state index in [1.807, 2.05) is 4.90 Å². The van der Waals surface area contributed by atoms with Crippen molar-refractivity contribution in [3.8, 4) is 0 Å². The van der Waals surface area contributed by atoms with Crippen molar-refractivity contribution >= 4 is 17.8 Å². The number of carboxylic acid groups (broad SMARTS) is 1. The van der Waals surface area contributed by atoms with E-state index in [2.05, 4.69) is 5.32 Å². The van der Waals surface area contributed by atoms with Gasteiger partial charge < -0.3 is 15.3 Å². The molecule has 1 aliphatic heterocycles. The van der Waals surface area contributed by atoms with Gasteiger partial charge in [-0.15, -0.1) is 0 Å². The van der Waals surface area contributed by atoms with Crippen molar-refractivity contribution in [1.82, 2.24) is 10.2 Å². The number of hydrogen-bond donors (Lipinski definition) is 2. The number of nitrogens with zero attached hydrogens (tertiary/aromatic N) is 1. The second-order valence-corrected chi connectivity index (χ2v) is 5.27. The molecule has 0 aromatic carbocycles. The molecule has 0 bridgehead atoms. The van der Waals surface area contributed by atoms with Gasteiger partial charge in [-0.05, 0) is 25.7 Å². The highest BCUT2D eigenvalue weighted by molar-refractivity contribution is 5.89. The fraction of sp³-hybridized carbons (Fsp3) is 0.769. The summed E-state index contributed by atoms with van der Waals surface area (Å²) in [6, 6.07) is 0. The molecule has 6 nitrogen and oxygen atoms in total. The molecule has 2 N–H and O–H groups in total. The van der Waals surface area contributed by atoms with Crippen LogP contribution < -0.4 is 5.32 Å². The molecule has 19 heavy (non-hydrogen) atoms. The molecule has 2 amide bonds. The van der Waals surface area contributed by atoms with E-state index in [0.29, 0.717) is 19.4 Å². The minimum absolute atomic E-state index is 0.0746. The molecule has 0 aromatic rings. The molecule has 0 spiro atoms. The zero-order valence-electron chi connectivity index (χ0n) is 10.9. The summed E-state index contributed by atoms with van der Waals surface area (Å²) >= 11 is 0. The number of aliphatic carboxylic acids is 1. The lowest BCUT2D eigenvalue weighted by Crippen LogP contribution is -2.38. The summed E-state index contributed by atoms with van der Waals surface area (Å²) in [5.41, 5.74) is 0. The third kappa shape index (κ3) is 3.68. The number of carbonyl (C=O) groups excluding carboxylic acids is 2. The number of carbonyl (C=O) groups is 3. The monoisotopic (exact) mass is 268 g/mol. The lowest BCUT2D eigenvalue weighted by molar-refractivity contribution is -0.140. The summed E-state index contributed by atoms with van der Waals surface area (Å²) in [5.74, 6) is -2.01. The van der Waals surface area contributed by atoms with Crippen LogP contribution in [0.5, 0.6) is 0 Å². The van der Waals surface area contributed by atoms with Crippen LogP contribution in [-0.2, 0) is 14.4 Å². The van der Waals surface area contributed by atoms with E-state index in [1.54, 1.807) is 0 Å². The minimum atomic E-state index is -0.912. The predicted molar refractivity (Wildman–Crippen MR) is 67.3 cm³/mol. The van der Waals surface area contributed by atoms with Crippen molar-refractivity contribution in [2.45, 2.75) is 32.1 Å². The van der Waals surface area contributed by atoms with Gasteiger partial charge in [-0.25, -0.2) is 0 Å². The first-order valence-electron chi connectivity index (χ1n) is 6.88. The first kappa shape index (κ1) is 13.8. The largest absolute Gasteiger partial charge is 0.481 e. The van der Waals surface area contributed by atoms with E-state index in [9.17, 15) is 14.4 Å². The van der Waals surface area contributed by atoms with Gasteiger partial charge in [-0.1, -0.05) is 0 Å².